The first-order valence-corrected chi connectivity index (χ1v) is 8.44. The predicted molar refractivity (Wildman–Crippen MR) is 95.5 cm³/mol. The summed E-state index contributed by atoms with van der Waals surface area (Å²) in [7, 11) is 0. The van der Waals surface area contributed by atoms with Gasteiger partial charge in [-0.2, -0.15) is 0 Å². The van der Waals surface area contributed by atoms with Gasteiger partial charge in [-0.05, 0) is 55.2 Å². The molecule has 6 heteroatoms. The van der Waals surface area contributed by atoms with Gasteiger partial charge in [-0.3, -0.25) is 0 Å². The van der Waals surface area contributed by atoms with Crippen molar-refractivity contribution in [3.8, 4) is 0 Å². The average molecular weight is 326 g/mol. The number of aliphatic hydroxyl groups excluding tert-OH is 1. The highest BCUT2D eigenvalue weighted by Gasteiger charge is 2.21. The van der Waals surface area contributed by atoms with Gasteiger partial charge in [-0.1, -0.05) is 0 Å². The molecule has 23 heavy (non-hydrogen) atoms. The van der Waals surface area contributed by atoms with E-state index in [1.165, 1.54) is 22.6 Å². The highest BCUT2D eigenvalue weighted by molar-refractivity contribution is 7.19. The number of nitrogens with one attached hydrogen (secondary N) is 1. The molecule has 0 radical (unpaired) electrons. The fourth-order valence-electron chi connectivity index (χ4n) is 3.02. The number of rotatable bonds is 3. The standard InChI is InChI=1S/C17H18N4OS/c18-10-4-6-11(7-5-10)20-16(22)15-14(19)12-8-9-2-1-3-13(9)21-17(12)23-15/h4-8,16,20,22H,1-3,18-19H2. The molecule has 1 aliphatic carbocycles. The number of aliphatic hydroxyl groups is 1. The van der Waals surface area contributed by atoms with Crippen LogP contribution in [0.4, 0.5) is 17.1 Å². The number of nitrogens with zero attached hydrogens (tertiary/aromatic N) is 1. The zero-order chi connectivity index (χ0) is 16.0. The van der Waals surface area contributed by atoms with Gasteiger partial charge in [0.05, 0.1) is 10.6 Å². The monoisotopic (exact) mass is 326 g/mol. The quantitative estimate of drug-likeness (QED) is 0.438. The number of anilines is 3. The zero-order valence-electron chi connectivity index (χ0n) is 12.5. The Morgan fingerprint density at radius 2 is 1.96 bits per heavy atom. The molecule has 118 valence electrons. The van der Waals surface area contributed by atoms with Crippen LogP contribution in [-0.4, -0.2) is 10.1 Å². The molecule has 0 fully saturated rings. The molecule has 0 saturated carbocycles. The second-order valence-electron chi connectivity index (χ2n) is 5.85. The van der Waals surface area contributed by atoms with E-state index in [0.717, 1.165) is 35.2 Å². The average Bonchev–Trinajstić information content (AvgIpc) is 3.12. The second kappa shape index (κ2) is 5.40. The van der Waals surface area contributed by atoms with Crippen molar-refractivity contribution in [3.05, 3.63) is 46.5 Å². The van der Waals surface area contributed by atoms with E-state index >= 15 is 0 Å². The molecule has 1 aromatic carbocycles. The summed E-state index contributed by atoms with van der Waals surface area (Å²) in [6.07, 6.45) is 2.39. The van der Waals surface area contributed by atoms with Gasteiger partial charge >= 0.3 is 0 Å². The number of pyridine rings is 1. The van der Waals surface area contributed by atoms with Gasteiger partial charge in [0.1, 0.15) is 4.83 Å². The van der Waals surface area contributed by atoms with Crippen LogP contribution in [-0.2, 0) is 12.8 Å². The number of hydrogen-bond acceptors (Lipinski definition) is 6. The minimum Gasteiger partial charge on any atom is -0.399 e. The third-order valence-electron chi connectivity index (χ3n) is 4.24. The first kappa shape index (κ1) is 14.3. The van der Waals surface area contributed by atoms with Crippen molar-refractivity contribution in [2.75, 3.05) is 16.8 Å². The van der Waals surface area contributed by atoms with Gasteiger partial charge in [0.2, 0.25) is 0 Å². The van der Waals surface area contributed by atoms with Crippen LogP contribution >= 0.6 is 11.3 Å². The molecule has 0 amide bonds. The van der Waals surface area contributed by atoms with E-state index < -0.39 is 6.23 Å². The van der Waals surface area contributed by atoms with Crippen molar-refractivity contribution >= 4 is 38.6 Å². The number of nitrogen functional groups attached to an aromatic ring is 2. The molecule has 3 aromatic rings. The van der Waals surface area contributed by atoms with E-state index in [2.05, 4.69) is 11.4 Å². The number of hydrogen-bond donors (Lipinski definition) is 4. The molecule has 0 spiro atoms. The molecule has 1 aliphatic rings. The smallest absolute Gasteiger partial charge is 0.162 e. The molecule has 2 aromatic heterocycles. The van der Waals surface area contributed by atoms with Gasteiger partial charge < -0.3 is 21.9 Å². The van der Waals surface area contributed by atoms with Crippen LogP contribution in [0.15, 0.2) is 30.3 Å². The van der Waals surface area contributed by atoms with Crippen LogP contribution in [0.1, 0.15) is 28.8 Å². The van der Waals surface area contributed by atoms with E-state index in [1.807, 2.05) is 12.1 Å². The fraction of sp³-hybridized carbons (Fsp3) is 0.235. The summed E-state index contributed by atoms with van der Waals surface area (Å²) in [4.78, 5) is 6.32. The number of fused-ring (bicyclic) bond motifs is 2. The van der Waals surface area contributed by atoms with Crippen molar-refractivity contribution in [2.45, 2.75) is 25.5 Å². The van der Waals surface area contributed by atoms with Crippen LogP contribution in [0.2, 0.25) is 0 Å². The van der Waals surface area contributed by atoms with Gasteiger partial charge in [0.25, 0.3) is 0 Å². The normalized spacial score (nSPS) is 14.8. The minimum atomic E-state index is -0.868. The number of thiophene rings is 1. The summed E-state index contributed by atoms with van der Waals surface area (Å²) in [5, 5.41) is 14.5. The lowest BCUT2D eigenvalue weighted by molar-refractivity contribution is 0.213. The largest absolute Gasteiger partial charge is 0.399 e. The summed E-state index contributed by atoms with van der Waals surface area (Å²) in [6.45, 7) is 0. The third-order valence-corrected chi connectivity index (χ3v) is 5.41. The number of aryl methyl sites for hydroxylation is 2. The van der Waals surface area contributed by atoms with Gasteiger partial charge in [0.15, 0.2) is 6.23 Å². The highest BCUT2D eigenvalue weighted by atomic mass is 32.1. The minimum absolute atomic E-state index is 0.614. The lowest BCUT2D eigenvalue weighted by Crippen LogP contribution is -2.09. The Kier molecular flexibility index (Phi) is 3.36. The Morgan fingerprint density at radius 3 is 2.74 bits per heavy atom. The topological polar surface area (TPSA) is 97.2 Å². The van der Waals surface area contributed by atoms with Crippen molar-refractivity contribution in [1.29, 1.82) is 0 Å². The predicted octanol–water partition coefficient (Wildman–Crippen LogP) is 3.05. The molecular formula is C17H18N4OS. The summed E-state index contributed by atoms with van der Waals surface area (Å²) >= 11 is 1.45. The van der Waals surface area contributed by atoms with Crippen LogP contribution in [0, 0.1) is 0 Å². The van der Waals surface area contributed by atoms with Gasteiger partial charge in [-0.15, -0.1) is 11.3 Å². The van der Waals surface area contributed by atoms with E-state index in [0.29, 0.717) is 16.3 Å². The Morgan fingerprint density at radius 1 is 1.17 bits per heavy atom. The van der Waals surface area contributed by atoms with E-state index in [-0.39, 0.29) is 0 Å². The Hall–Kier alpha value is -2.31. The Labute approximate surface area is 138 Å². The molecular weight excluding hydrogens is 308 g/mol. The van der Waals surface area contributed by atoms with Crippen molar-refractivity contribution < 1.29 is 5.11 Å². The van der Waals surface area contributed by atoms with Gasteiger partial charge in [0, 0.05) is 22.5 Å². The van der Waals surface area contributed by atoms with E-state index in [4.69, 9.17) is 16.5 Å². The zero-order valence-corrected chi connectivity index (χ0v) is 13.4. The summed E-state index contributed by atoms with van der Waals surface area (Å²) < 4.78 is 0. The summed E-state index contributed by atoms with van der Waals surface area (Å²) in [5.74, 6) is 0. The van der Waals surface area contributed by atoms with Gasteiger partial charge in [-0.25, -0.2) is 4.98 Å². The Bertz CT molecular complexity index is 872. The third kappa shape index (κ3) is 2.50. The maximum absolute atomic E-state index is 10.5. The van der Waals surface area contributed by atoms with E-state index in [9.17, 15) is 5.11 Å². The summed E-state index contributed by atoms with van der Waals surface area (Å²) in [6, 6.07) is 9.37. The van der Waals surface area contributed by atoms with Crippen molar-refractivity contribution in [1.82, 2.24) is 4.98 Å². The summed E-state index contributed by atoms with van der Waals surface area (Å²) in [5.41, 5.74) is 16.5. The Balaban J connectivity index is 1.68. The van der Waals surface area contributed by atoms with Crippen LogP contribution < -0.4 is 16.8 Å². The lowest BCUT2D eigenvalue weighted by Gasteiger charge is -2.13. The maximum Gasteiger partial charge on any atom is 0.162 e. The SMILES string of the molecule is Nc1ccc(NC(O)c2sc3nc4c(cc3c2N)CCC4)cc1. The molecule has 2 heterocycles. The first-order chi connectivity index (χ1) is 11.1. The van der Waals surface area contributed by atoms with Crippen molar-refractivity contribution in [3.63, 3.8) is 0 Å². The van der Waals surface area contributed by atoms with Crippen LogP contribution in [0.25, 0.3) is 10.2 Å². The second-order valence-corrected chi connectivity index (χ2v) is 6.88. The molecule has 1 unspecified atom stereocenters. The lowest BCUT2D eigenvalue weighted by atomic mass is 10.1. The molecule has 0 saturated heterocycles. The molecule has 5 nitrogen and oxygen atoms in total. The molecule has 0 bridgehead atoms. The molecule has 1 atom stereocenters. The van der Waals surface area contributed by atoms with E-state index in [1.54, 1.807) is 12.1 Å². The molecule has 4 rings (SSSR count). The number of benzene rings is 1. The highest BCUT2D eigenvalue weighted by Crippen LogP contribution is 2.39. The molecule has 0 aliphatic heterocycles. The fourth-order valence-corrected chi connectivity index (χ4v) is 4.06. The number of nitrogens with two attached hydrogens (primary N) is 2. The first-order valence-electron chi connectivity index (χ1n) is 7.62. The van der Waals surface area contributed by atoms with Crippen LogP contribution in [0.5, 0.6) is 0 Å². The maximum atomic E-state index is 10.5. The number of aromatic nitrogens is 1. The van der Waals surface area contributed by atoms with Crippen LogP contribution in [0.3, 0.4) is 0 Å². The van der Waals surface area contributed by atoms with Crippen molar-refractivity contribution in [2.24, 2.45) is 0 Å². The molecule has 6 N–H and O–H groups in total.